The SMILES string of the molecule is CS(=O)(=O)c1c(C(=O)O)oc2cc(C(F)(F)F)ccc12. The molecule has 0 spiro atoms. The highest BCUT2D eigenvalue weighted by Gasteiger charge is 2.33. The van der Waals surface area contributed by atoms with Crippen molar-refractivity contribution in [3.63, 3.8) is 0 Å². The molecule has 9 heteroatoms. The molecule has 1 aromatic carbocycles. The highest BCUT2D eigenvalue weighted by molar-refractivity contribution is 7.91. The number of carboxylic acids is 1. The number of benzene rings is 1. The van der Waals surface area contributed by atoms with E-state index in [1.54, 1.807) is 0 Å². The largest absolute Gasteiger partial charge is 0.475 e. The fourth-order valence-electron chi connectivity index (χ4n) is 1.76. The predicted octanol–water partition coefficient (Wildman–Crippen LogP) is 2.55. The summed E-state index contributed by atoms with van der Waals surface area (Å²) in [5.41, 5.74) is -1.51. The van der Waals surface area contributed by atoms with Gasteiger partial charge in [-0.1, -0.05) is 0 Å². The molecule has 0 saturated carbocycles. The van der Waals surface area contributed by atoms with Crippen molar-refractivity contribution in [2.75, 3.05) is 6.26 Å². The molecule has 1 N–H and O–H groups in total. The van der Waals surface area contributed by atoms with Crippen molar-refractivity contribution in [1.29, 1.82) is 0 Å². The Bertz CT molecular complexity index is 801. The fourth-order valence-corrected chi connectivity index (χ4v) is 2.79. The second kappa shape index (κ2) is 4.23. The number of furan rings is 1. The summed E-state index contributed by atoms with van der Waals surface area (Å²) in [4.78, 5) is 10.3. The van der Waals surface area contributed by atoms with Gasteiger partial charge in [-0.25, -0.2) is 13.2 Å². The van der Waals surface area contributed by atoms with Crippen molar-refractivity contribution in [2.45, 2.75) is 11.1 Å². The third-order valence-electron chi connectivity index (χ3n) is 2.54. The van der Waals surface area contributed by atoms with Crippen LogP contribution in [0.5, 0.6) is 0 Å². The highest BCUT2D eigenvalue weighted by Crippen LogP contribution is 2.35. The van der Waals surface area contributed by atoms with E-state index in [9.17, 15) is 26.4 Å². The molecule has 2 rings (SSSR count). The lowest BCUT2D eigenvalue weighted by Gasteiger charge is -2.05. The van der Waals surface area contributed by atoms with E-state index in [2.05, 4.69) is 0 Å². The number of alkyl halides is 3. The second-order valence-corrected chi connectivity index (χ2v) is 6.00. The van der Waals surface area contributed by atoms with E-state index >= 15 is 0 Å². The molecule has 0 bridgehead atoms. The summed E-state index contributed by atoms with van der Waals surface area (Å²) in [6.07, 6.45) is -3.89. The summed E-state index contributed by atoms with van der Waals surface area (Å²) >= 11 is 0. The summed E-state index contributed by atoms with van der Waals surface area (Å²) in [7, 11) is -3.97. The van der Waals surface area contributed by atoms with E-state index in [4.69, 9.17) is 9.52 Å². The minimum Gasteiger partial charge on any atom is -0.475 e. The summed E-state index contributed by atoms with van der Waals surface area (Å²) in [6.45, 7) is 0. The van der Waals surface area contributed by atoms with Gasteiger partial charge in [0.05, 0.1) is 5.56 Å². The van der Waals surface area contributed by atoms with Crippen LogP contribution in [-0.2, 0) is 16.0 Å². The summed E-state index contributed by atoms with van der Waals surface area (Å²) in [5.74, 6) is -2.57. The maximum atomic E-state index is 12.5. The van der Waals surface area contributed by atoms with Crippen molar-refractivity contribution in [3.05, 3.63) is 29.5 Å². The number of rotatable bonds is 2. The van der Waals surface area contributed by atoms with E-state index in [-0.39, 0.29) is 5.39 Å². The second-order valence-electron chi connectivity index (χ2n) is 4.05. The molecule has 0 aliphatic heterocycles. The van der Waals surface area contributed by atoms with Gasteiger partial charge in [-0.15, -0.1) is 0 Å². The molecular weight excluding hydrogens is 301 g/mol. The van der Waals surface area contributed by atoms with E-state index in [1.165, 1.54) is 0 Å². The quantitative estimate of drug-likeness (QED) is 0.921. The van der Waals surface area contributed by atoms with Gasteiger partial charge >= 0.3 is 12.1 Å². The number of sulfone groups is 1. The maximum absolute atomic E-state index is 12.5. The molecule has 0 aliphatic carbocycles. The lowest BCUT2D eigenvalue weighted by atomic mass is 10.1. The Morgan fingerprint density at radius 3 is 2.35 bits per heavy atom. The van der Waals surface area contributed by atoms with Crippen LogP contribution in [-0.4, -0.2) is 25.7 Å². The smallest absolute Gasteiger partial charge is 0.416 e. The Kier molecular flexibility index (Phi) is 3.04. The zero-order valence-corrected chi connectivity index (χ0v) is 10.7. The molecule has 0 unspecified atom stereocenters. The van der Waals surface area contributed by atoms with Gasteiger partial charge in [-0.05, 0) is 18.2 Å². The molecule has 1 heterocycles. The number of fused-ring (bicyclic) bond motifs is 1. The standard InChI is InChI=1S/C11H7F3O5S/c1-20(17,18)9-6-3-2-5(11(12,13)14)4-7(6)19-8(9)10(15)16/h2-4H,1H3,(H,15,16). The Hall–Kier alpha value is -2.03. The van der Waals surface area contributed by atoms with Gasteiger partial charge in [0, 0.05) is 11.6 Å². The van der Waals surface area contributed by atoms with E-state index < -0.39 is 43.8 Å². The zero-order valence-electron chi connectivity index (χ0n) is 9.85. The fraction of sp³-hybridized carbons (Fsp3) is 0.182. The van der Waals surface area contributed by atoms with Gasteiger partial charge in [-0.3, -0.25) is 0 Å². The van der Waals surface area contributed by atoms with E-state index in [1.807, 2.05) is 0 Å². The van der Waals surface area contributed by atoms with Gasteiger partial charge in [0.2, 0.25) is 5.76 Å². The molecule has 0 aliphatic rings. The van der Waals surface area contributed by atoms with E-state index in [0.29, 0.717) is 12.1 Å². The van der Waals surface area contributed by atoms with Crippen LogP contribution in [0.3, 0.4) is 0 Å². The van der Waals surface area contributed by atoms with Crippen molar-refractivity contribution < 1.29 is 35.9 Å². The lowest BCUT2D eigenvalue weighted by Crippen LogP contribution is -2.05. The molecule has 0 saturated heterocycles. The topological polar surface area (TPSA) is 84.6 Å². The molecule has 0 atom stereocenters. The van der Waals surface area contributed by atoms with Crippen LogP contribution in [0.2, 0.25) is 0 Å². The van der Waals surface area contributed by atoms with Crippen LogP contribution in [0.15, 0.2) is 27.5 Å². The first kappa shape index (κ1) is 14.4. The van der Waals surface area contributed by atoms with Gasteiger partial charge in [-0.2, -0.15) is 13.2 Å². The van der Waals surface area contributed by atoms with Crippen LogP contribution in [0.25, 0.3) is 11.0 Å². The first-order valence-corrected chi connectivity index (χ1v) is 6.98. The minimum absolute atomic E-state index is 0.196. The number of carbonyl (C=O) groups is 1. The van der Waals surface area contributed by atoms with Crippen molar-refractivity contribution in [3.8, 4) is 0 Å². The molecule has 0 fully saturated rings. The number of aromatic carboxylic acids is 1. The molecule has 5 nitrogen and oxygen atoms in total. The summed E-state index contributed by atoms with van der Waals surface area (Å²) in [6, 6.07) is 2.11. The molecule has 2 aromatic rings. The molecule has 0 amide bonds. The van der Waals surface area contributed by atoms with Crippen molar-refractivity contribution >= 4 is 26.8 Å². The number of hydrogen-bond donors (Lipinski definition) is 1. The van der Waals surface area contributed by atoms with Gasteiger partial charge < -0.3 is 9.52 Å². The van der Waals surface area contributed by atoms with Gasteiger partial charge in [0.25, 0.3) is 0 Å². The van der Waals surface area contributed by atoms with Gasteiger partial charge in [0.1, 0.15) is 10.5 Å². The first-order valence-electron chi connectivity index (χ1n) is 5.09. The molecule has 108 valence electrons. The Morgan fingerprint density at radius 2 is 1.90 bits per heavy atom. The van der Waals surface area contributed by atoms with Crippen LogP contribution in [0.4, 0.5) is 13.2 Å². The van der Waals surface area contributed by atoms with Crippen LogP contribution < -0.4 is 0 Å². The lowest BCUT2D eigenvalue weighted by molar-refractivity contribution is -0.137. The number of carboxylic acid groups (broad SMARTS) is 1. The van der Waals surface area contributed by atoms with Crippen LogP contribution in [0, 0.1) is 0 Å². The zero-order chi connectivity index (χ0) is 15.3. The number of halogens is 3. The first-order chi connectivity index (χ1) is 9.01. The van der Waals surface area contributed by atoms with Crippen LogP contribution >= 0.6 is 0 Å². The predicted molar refractivity (Wildman–Crippen MR) is 61.3 cm³/mol. The Morgan fingerprint density at radius 1 is 1.30 bits per heavy atom. The summed E-state index contributed by atoms with van der Waals surface area (Å²) < 4.78 is 65.5. The van der Waals surface area contributed by atoms with Crippen LogP contribution in [0.1, 0.15) is 16.1 Å². The maximum Gasteiger partial charge on any atom is 0.416 e. The van der Waals surface area contributed by atoms with Crippen molar-refractivity contribution in [2.24, 2.45) is 0 Å². The molecule has 20 heavy (non-hydrogen) atoms. The average Bonchev–Trinajstić information content (AvgIpc) is 2.65. The molecule has 0 radical (unpaired) electrons. The number of hydrogen-bond acceptors (Lipinski definition) is 4. The Labute approximate surface area is 110 Å². The van der Waals surface area contributed by atoms with Crippen molar-refractivity contribution in [1.82, 2.24) is 0 Å². The average molecular weight is 308 g/mol. The molecular formula is C11H7F3O5S. The highest BCUT2D eigenvalue weighted by atomic mass is 32.2. The van der Waals surface area contributed by atoms with Gasteiger partial charge in [0.15, 0.2) is 9.84 Å². The Balaban J connectivity index is 2.86. The summed E-state index contributed by atoms with van der Waals surface area (Å²) in [5, 5.41) is 8.68. The third kappa shape index (κ3) is 2.36. The third-order valence-corrected chi connectivity index (χ3v) is 3.68. The monoisotopic (exact) mass is 308 g/mol. The molecule has 1 aromatic heterocycles. The van der Waals surface area contributed by atoms with E-state index in [0.717, 1.165) is 12.3 Å². The minimum atomic E-state index is -4.64. The normalized spacial score (nSPS) is 12.8.